The molecule has 6 nitrogen and oxygen atoms in total. The van der Waals surface area contributed by atoms with Crippen molar-refractivity contribution in [2.24, 2.45) is 5.92 Å². The molecule has 2 aromatic heterocycles. The number of hydrogen-bond acceptors (Lipinski definition) is 5. The van der Waals surface area contributed by atoms with Crippen molar-refractivity contribution in [3.05, 3.63) is 6.33 Å². The van der Waals surface area contributed by atoms with Crippen molar-refractivity contribution in [2.45, 2.75) is 32.1 Å². The van der Waals surface area contributed by atoms with Crippen LogP contribution in [0.3, 0.4) is 0 Å². The van der Waals surface area contributed by atoms with Gasteiger partial charge in [-0.05, 0) is 18.8 Å². The molecule has 0 bridgehead atoms. The third-order valence-corrected chi connectivity index (χ3v) is 3.82. The molecule has 1 aliphatic carbocycles. The predicted molar refractivity (Wildman–Crippen MR) is 78.1 cm³/mol. The lowest BCUT2D eigenvalue weighted by atomic mass is 9.90. The largest absolute Gasteiger partial charge is 0.476 e. The predicted octanol–water partition coefficient (Wildman–Crippen LogP) is 2.38. The van der Waals surface area contributed by atoms with E-state index in [1.807, 2.05) is 19.0 Å². The minimum absolute atomic E-state index is 0.613. The molecule has 0 unspecified atom stereocenters. The van der Waals surface area contributed by atoms with Gasteiger partial charge in [0.15, 0.2) is 5.65 Å². The maximum atomic E-state index is 5.96. The number of fused-ring (bicyclic) bond motifs is 1. The summed E-state index contributed by atoms with van der Waals surface area (Å²) in [6.45, 7) is 0.734. The monoisotopic (exact) mass is 275 g/mol. The summed E-state index contributed by atoms with van der Waals surface area (Å²) in [6.07, 6.45) is 8.15. The fourth-order valence-corrected chi connectivity index (χ4v) is 2.65. The molecule has 1 N–H and O–H groups in total. The number of nitrogens with zero attached hydrogens (tertiary/aromatic N) is 4. The summed E-state index contributed by atoms with van der Waals surface area (Å²) in [5.41, 5.74) is 1.44. The molecule has 0 aromatic carbocycles. The first-order chi connectivity index (χ1) is 9.74. The van der Waals surface area contributed by atoms with Crippen LogP contribution in [0.1, 0.15) is 32.1 Å². The van der Waals surface area contributed by atoms with Crippen molar-refractivity contribution in [1.29, 1.82) is 0 Å². The highest BCUT2D eigenvalue weighted by Crippen LogP contribution is 2.26. The Morgan fingerprint density at radius 3 is 2.80 bits per heavy atom. The Kier molecular flexibility index (Phi) is 3.71. The van der Waals surface area contributed by atoms with Gasteiger partial charge >= 0.3 is 0 Å². The molecule has 1 saturated carbocycles. The van der Waals surface area contributed by atoms with Gasteiger partial charge in [0.2, 0.25) is 11.8 Å². The van der Waals surface area contributed by atoms with Gasteiger partial charge in [-0.2, -0.15) is 9.97 Å². The second-order valence-corrected chi connectivity index (χ2v) is 5.64. The maximum Gasteiger partial charge on any atom is 0.245 e. The standard InChI is InChI=1S/C14H21N5O/c1-19(2)14-17-12-11(15-9-16-12)13(18-14)20-8-10-6-4-3-5-7-10/h9-10H,3-8H2,1-2H3,(H,15,16,17,18). The lowest BCUT2D eigenvalue weighted by molar-refractivity contribution is 0.204. The molecule has 20 heavy (non-hydrogen) atoms. The molecule has 3 rings (SSSR count). The van der Waals surface area contributed by atoms with E-state index < -0.39 is 0 Å². The van der Waals surface area contributed by atoms with Crippen LogP contribution in [0.15, 0.2) is 6.33 Å². The van der Waals surface area contributed by atoms with Crippen molar-refractivity contribution in [3.63, 3.8) is 0 Å². The number of H-pyrrole nitrogens is 1. The van der Waals surface area contributed by atoms with Crippen LogP contribution in [0.5, 0.6) is 5.88 Å². The van der Waals surface area contributed by atoms with Gasteiger partial charge in [0.1, 0.15) is 5.52 Å². The lowest BCUT2D eigenvalue weighted by Gasteiger charge is -2.21. The Balaban J connectivity index is 1.80. The molecule has 0 aliphatic heterocycles. The molecule has 1 aliphatic rings. The van der Waals surface area contributed by atoms with Crippen LogP contribution < -0.4 is 9.64 Å². The fraction of sp³-hybridized carbons (Fsp3) is 0.643. The molecule has 0 saturated heterocycles. The van der Waals surface area contributed by atoms with Crippen molar-refractivity contribution in [3.8, 4) is 5.88 Å². The van der Waals surface area contributed by atoms with Crippen molar-refractivity contribution in [1.82, 2.24) is 19.9 Å². The van der Waals surface area contributed by atoms with E-state index >= 15 is 0 Å². The van der Waals surface area contributed by atoms with E-state index in [0.717, 1.165) is 12.1 Å². The first-order valence-electron chi connectivity index (χ1n) is 7.25. The zero-order chi connectivity index (χ0) is 13.9. The summed E-state index contributed by atoms with van der Waals surface area (Å²) in [7, 11) is 3.83. The van der Waals surface area contributed by atoms with Crippen molar-refractivity contribution >= 4 is 17.1 Å². The molecule has 0 amide bonds. The van der Waals surface area contributed by atoms with E-state index in [1.165, 1.54) is 32.1 Å². The minimum Gasteiger partial charge on any atom is -0.476 e. The van der Waals surface area contributed by atoms with Crippen LogP contribution in [-0.4, -0.2) is 40.6 Å². The molecule has 1 fully saturated rings. The van der Waals surface area contributed by atoms with Gasteiger partial charge in [-0.15, -0.1) is 0 Å². The van der Waals surface area contributed by atoms with Gasteiger partial charge in [-0.25, -0.2) is 4.98 Å². The summed E-state index contributed by atoms with van der Waals surface area (Å²) < 4.78 is 5.96. The van der Waals surface area contributed by atoms with E-state index in [9.17, 15) is 0 Å². The Morgan fingerprint density at radius 1 is 1.25 bits per heavy atom. The number of rotatable bonds is 4. The number of aromatic amines is 1. The van der Waals surface area contributed by atoms with Gasteiger partial charge < -0.3 is 14.6 Å². The first-order valence-corrected chi connectivity index (χ1v) is 7.25. The Labute approximate surface area is 118 Å². The van der Waals surface area contributed by atoms with Crippen LogP contribution in [0.4, 0.5) is 5.95 Å². The molecule has 0 spiro atoms. The molecule has 6 heteroatoms. The average molecular weight is 275 g/mol. The fourth-order valence-electron chi connectivity index (χ4n) is 2.65. The molecule has 0 radical (unpaired) electrons. The minimum atomic E-state index is 0.613. The van der Waals surface area contributed by atoms with Crippen LogP contribution in [0, 0.1) is 5.92 Å². The Hall–Kier alpha value is -1.85. The summed E-state index contributed by atoms with van der Waals surface area (Å²) in [4.78, 5) is 18.0. The Bertz CT molecular complexity index is 574. The van der Waals surface area contributed by atoms with Gasteiger partial charge in [0, 0.05) is 14.1 Å². The highest BCUT2D eigenvalue weighted by atomic mass is 16.5. The number of nitrogens with one attached hydrogen (secondary N) is 1. The van der Waals surface area contributed by atoms with Crippen LogP contribution in [0.25, 0.3) is 11.2 Å². The maximum absolute atomic E-state index is 5.96. The SMILES string of the molecule is CN(C)c1nc(OCC2CCCCC2)c2[nH]cnc2n1. The van der Waals surface area contributed by atoms with Crippen LogP contribution in [-0.2, 0) is 0 Å². The number of hydrogen-bond donors (Lipinski definition) is 1. The quantitative estimate of drug-likeness (QED) is 0.928. The lowest BCUT2D eigenvalue weighted by Crippen LogP contribution is -2.17. The molecule has 2 aromatic rings. The summed E-state index contributed by atoms with van der Waals surface area (Å²) >= 11 is 0. The van der Waals surface area contributed by atoms with E-state index in [0.29, 0.717) is 23.4 Å². The third kappa shape index (κ3) is 2.69. The smallest absolute Gasteiger partial charge is 0.245 e. The van der Waals surface area contributed by atoms with Crippen molar-refractivity contribution < 1.29 is 4.74 Å². The van der Waals surface area contributed by atoms with Crippen LogP contribution >= 0.6 is 0 Å². The Morgan fingerprint density at radius 2 is 2.05 bits per heavy atom. The molecule has 108 valence electrons. The van der Waals surface area contributed by atoms with E-state index in [2.05, 4.69) is 19.9 Å². The highest BCUT2D eigenvalue weighted by Gasteiger charge is 2.17. The summed E-state index contributed by atoms with van der Waals surface area (Å²) in [6, 6.07) is 0. The van der Waals surface area contributed by atoms with Crippen LogP contribution in [0.2, 0.25) is 0 Å². The second-order valence-electron chi connectivity index (χ2n) is 5.64. The molecule has 0 atom stereocenters. The number of anilines is 1. The zero-order valence-electron chi connectivity index (χ0n) is 12.1. The van der Waals surface area contributed by atoms with Crippen molar-refractivity contribution in [2.75, 3.05) is 25.6 Å². The molecular formula is C14H21N5O. The van der Waals surface area contributed by atoms with Gasteiger partial charge in [0.05, 0.1) is 12.9 Å². The molecule has 2 heterocycles. The number of imidazole rings is 1. The number of aromatic nitrogens is 4. The van der Waals surface area contributed by atoms with Gasteiger partial charge in [-0.1, -0.05) is 19.3 Å². The summed E-state index contributed by atoms with van der Waals surface area (Å²) in [5, 5.41) is 0. The molecular weight excluding hydrogens is 254 g/mol. The average Bonchev–Trinajstić information content (AvgIpc) is 2.94. The topological polar surface area (TPSA) is 66.9 Å². The zero-order valence-corrected chi connectivity index (χ0v) is 12.1. The highest BCUT2D eigenvalue weighted by molar-refractivity contribution is 5.76. The second kappa shape index (κ2) is 5.64. The normalized spacial score (nSPS) is 16.5. The first kappa shape index (κ1) is 13.1. The third-order valence-electron chi connectivity index (χ3n) is 3.82. The van der Waals surface area contributed by atoms with Gasteiger partial charge in [-0.3, -0.25) is 0 Å². The number of ether oxygens (including phenoxy) is 1. The van der Waals surface area contributed by atoms with Gasteiger partial charge in [0.25, 0.3) is 0 Å². The summed E-state index contributed by atoms with van der Waals surface area (Å²) in [5.74, 6) is 1.89. The van der Waals surface area contributed by atoms with E-state index in [1.54, 1.807) is 6.33 Å². The van der Waals surface area contributed by atoms with E-state index in [4.69, 9.17) is 4.74 Å². The van der Waals surface area contributed by atoms with E-state index in [-0.39, 0.29) is 0 Å².